The summed E-state index contributed by atoms with van der Waals surface area (Å²) in [5.41, 5.74) is 2.18. The third kappa shape index (κ3) is 3.32. The molecule has 0 aliphatic rings. The van der Waals surface area contributed by atoms with E-state index in [0.29, 0.717) is 5.02 Å². The van der Waals surface area contributed by atoms with Gasteiger partial charge in [0.2, 0.25) is 0 Å². The van der Waals surface area contributed by atoms with Crippen molar-refractivity contribution in [1.29, 1.82) is 0 Å². The number of hydrogen-bond donors (Lipinski definition) is 1. The Kier molecular flexibility index (Phi) is 5.28. The topological polar surface area (TPSA) is 29.9 Å². The Bertz CT molecular complexity index is 566. The maximum Gasteiger partial charge on any atom is 0.0837 e. The van der Waals surface area contributed by atoms with Gasteiger partial charge in [-0.05, 0) is 52.9 Å². The van der Waals surface area contributed by atoms with Gasteiger partial charge in [0, 0.05) is 15.1 Å². The molecule has 1 heterocycles. The van der Waals surface area contributed by atoms with E-state index in [2.05, 4.69) is 68.0 Å². The molecule has 1 atom stereocenters. The summed E-state index contributed by atoms with van der Waals surface area (Å²) in [5, 5.41) is 8.39. The molecule has 2 rings (SSSR count). The standard InChI is InChI=1S/C13H14BrClIN3/c1-3-17-12(13-10(15)7-18-19(13)2)9-6-8(14)4-5-11(9)16/h4-7,12,17H,3H2,1-2H3. The Morgan fingerprint density at radius 3 is 2.84 bits per heavy atom. The van der Waals surface area contributed by atoms with Gasteiger partial charge >= 0.3 is 0 Å². The van der Waals surface area contributed by atoms with Crippen LogP contribution in [0.1, 0.15) is 24.2 Å². The molecule has 1 N–H and O–H groups in total. The van der Waals surface area contributed by atoms with Crippen molar-refractivity contribution in [1.82, 2.24) is 15.1 Å². The minimum atomic E-state index is 0.0365. The van der Waals surface area contributed by atoms with Crippen molar-refractivity contribution < 1.29 is 0 Å². The molecule has 1 aromatic heterocycles. The fourth-order valence-corrected chi connectivity index (χ4v) is 3.34. The molecule has 1 unspecified atom stereocenters. The smallest absolute Gasteiger partial charge is 0.0837 e. The van der Waals surface area contributed by atoms with Crippen LogP contribution < -0.4 is 5.32 Å². The lowest BCUT2D eigenvalue weighted by atomic mass is 10.0. The van der Waals surface area contributed by atoms with Gasteiger partial charge < -0.3 is 5.32 Å². The van der Waals surface area contributed by atoms with Gasteiger partial charge in [-0.25, -0.2) is 0 Å². The molecule has 0 bridgehead atoms. The molecule has 0 radical (unpaired) electrons. The first kappa shape index (κ1) is 15.3. The zero-order chi connectivity index (χ0) is 14.0. The average molecular weight is 455 g/mol. The minimum Gasteiger partial charge on any atom is -0.305 e. The summed E-state index contributed by atoms with van der Waals surface area (Å²) in [6.07, 6.45) is 1.69. The van der Waals surface area contributed by atoms with E-state index in [1.807, 2.05) is 17.8 Å². The van der Waals surface area contributed by atoms with Gasteiger partial charge in [-0.1, -0.05) is 34.5 Å². The summed E-state index contributed by atoms with van der Waals surface area (Å²) in [6.45, 7) is 2.94. The highest BCUT2D eigenvalue weighted by atomic mass is 127. The number of aromatic nitrogens is 2. The second-order valence-corrected chi connectivity index (χ2v) is 6.64. The minimum absolute atomic E-state index is 0.0365. The van der Waals surface area contributed by atoms with Crippen molar-refractivity contribution in [2.75, 3.05) is 6.54 Å². The third-order valence-corrected chi connectivity index (χ3v) is 4.66. The van der Waals surface area contributed by atoms with Crippen LogP contribution in [0.15, 0.2) is 28.9 Å². The number of rotatable bonds is 4. The van der Waals surface area contributed by atoms with Gasteiger partial charge in [0.15, 0.2) is 0 Å². The van der Waals surface area contributed by atoms with Gasteiger partial charge in [-0.15, -0.1) is 0 Å². The zero-order valence-electron chi connectivity index (χ0n) is 10.6. The molecule has 0 aliphatic heterocycles. The van der Waals surface area contributed by atoms with Gasteiger partial charge in [0.1, 0.15) is 0 Å². The first-order valence-corrected chi connectivity index (χ1v) is 8.15. The SMILES string of the molecule is CCNC(c1cc(Br)ccc1I)c1c(Cl)cnn1C. The molecule has 0 spiro atoms. The van der Waals surface area contributed by atoms with Gasteiger partial charge in [-0.3, -0.25) is 4.68 Å². The molecule has 3 nitrogen and oxygen atoms in total. The Morgan fingerprint density at radius 1 is 1.53 bits per heavy atom. The van der Waals surface area contributed by atoms with Gasteiger partial charge in [0.25, 0.3) is 0 Å². The normalized spacial score (nSPS) is 12.7. The van der Waals surface area contributed by atoms with Crippen molar-refractivity contribution in [3.63, 3.8) is 0 Å². The quantitative estimate of drug-likeness (QED) is 0.704. The van der Waals surface area contributed by atoms with Crippen molar-refractivity contribution in [3.8, 4) is 0 Å². The fourth-order valence-electron chi connectivity index (χ4n) is 2.04. The number of halogens is 3. The predicted molar refractivity (Wildman–Crippen MR) is 90.6 cm³/mol. The number of benzene rings is 1. The first-order valence-electron chi connectivity index (χ1n) is 5.90. The molecule has 0 saturated carbocycles. The van der Waals surface area contributed by atoms with Crippen molar-refractivity contribution in [2.24, 2.45) is 7.05 Å². The van der Waals surface area contributed by atoms with E-state index >= 15 is 0 Å². The molecule has 0 aliphatic carbocycles. The van der Waals surface area contributed by atoms with E-state index in [1.54, 1.807) is 6.20 Å². The summed E-state index contributed by atoms with van der Waals surface area (Å²) >= 11 is 12.2. The molecule has 0 saturated heterocycles. The van der Waals surface area contributed by atoms with E-state index in [0.717, 1.165) is 16.7 Å². The van der Waals surface area contributed by atoms with Crippen molar-refractivity contribution in [2.45, 2.75) is 13.0 Å². The Morgan fingerprint density at radius 2 is 2.26 bits per heavy atom. The van der Waals surface area contributed by atoms with E-state index in [1.165, 1.54) is 9.13 Å². The number of hydrogen-bond acceptors (Lipinski definition) is 2. The van der Waals surface area contributed by atoms with Crippen LogP contribution in [0.3, 0.4) is 0 Å². The molecule has 0 amide bonds. The van der Waals surface area contributed by atoms with E-state index in [-0.39, 0.29) is 6.04 Å². The molecule has 0 fully saturated rings. The van der Waals surface area contributed by atoms with Crippen LogP contribution in [0.4, 0.5) is 0 Å². The molecule has 1 aromatic carbocycles. The second kappa shape index (κ2) is 6.56. The first-order chi connectivity index (χ1) is 9.04. The molecule has 102 valence electrons. The maximum atomic E-state index is 6.28. The van der Waals surface area contributed by atoms with Crippen LogP contribution in [0, 0.1) is 3.57 Å². The van der Waals surface area contributed by atoms with Crippen molar-refractivity contribution in [3.05, 3.63) is 48.7 Å². The number of nitrogens with zero attached hydrogens (tertiary/aromatic N) is 2. The summed E-state index contributed by atoms with van der Waals surface area (Å²) in [6, 6.07) is 6.29. The molecule has 19 heavy (non-hydrogen) atoms. The predicted octanol–water partition coefficient (Wildman–Crippen LogP) is 4.14. The lowest BCUT2D eigenvalue weighted by molar-refractivity contribution is 0.571. The third-order valence-electron chi connectivity index (χ3n) is 2.89. The Balaban J connectivity index is 2.54. The largest absolute Gasteiger partial charge is 0.305 e. The monoisotopic (exact) mass is 453 g/mol. The van der Waals surface area contributed by atoms with Crippen LogP contribution >= 0.6 is 50.1 Å². The summed E-state index contributed by atoms with van der Waals surface area (Å²) < 4.78 is 4.08. The summed E-state index contributed by atoms with van der Waals surface area (Å²) in [5.74, 6) is 0. The van der Waals surface area contributed by atoms with Crippen LogP contribution in [-0.2, 0) is 7.05 Å². The number of nitrogens with one attached hydrogen (secondary N) is 1. The summed E-state index contributed by atoms with van der Waals surface area (Å²) in [7, 11) is 1.91. The second-order valence-electron chi connectivity index (χ2n) is 4.16. The van der Waals surface area contributed by atoms with Crippen LogP contribution in [0.2, 0.25) is 5.02 Å². The van der Waals surface area contributed by atoms with Gasteiger partial charge in [0.05, 0.1) is 23.0 Å². The lowest BCUT2D eigenvalue weighted by Crippen LogP contribution is -2.25. The van der Waals surface area contributed by atoms with Crippen LogP contribution in [0.5, 0.6) is 0 Å². The Labute approximate surface area is 140 Å². The van der Waals surface area contributed by atoms with Crippen molar-refractivity contribution >= 4 is 50.1 Å². The zero-order valence-corrected chi connectivity index (χ0v) is 15.1. The molecule has 2 aromatic rings. The molecule has 6 heteroatoms. The average Bonchev–Trinajstić information content (AvgIpc) is 2.70. The fraction of sp³-hybridized carbons (Fsp3) is 0.308. The maximum absolute atomic E-state index is 6.28. The Hall–Kier alpha value is -0.110. The lowest BCUT2D eigenvalue weighted by Gasteiger charge is -2.21. The van der Waals surface area contributed by atoms with Crippen LogP contribution in [-0.4, -0.2) is 16.3 Å². The van der Waals surface area contributed by atoms with Gasteiger partial charge in [-0.2, -0.15) is 5.10 Å². The van der Waals surface area contributed by atoms with E-state index in [4.69, 9.17) is 11.6 Å². The highest BCUT2D eigenvalue weighted by molar-refractivity contribution is 14.1. The summed E-state index contributed by atoms with van der Waals surface area (Å²) in [4.78, 5) is 0. The highest BCUT2D eigenvalue weighted by Gasteiger charge is 2.22. The van der Waals surface area contributed by atoms with E-state index in [9.17, 15) is 0 Å². The highest BCUT2D eigenvalue weighted by Crippen LogP contribution is 2.32. The molecular weight excluding hydrogens is 440 g/mol. The molecular formula is C13H14BrClIN3. The number of aryl methyl sites for hydroxylation is 1. The van der Waals surface area contributed by atoms with E-state index < -0.39 is 0 Å². The van der Waals surface area contributed by atoms with Crippen LogP contribution in [0.25, 0.3) is 0 Å².